The minimum Gasteiger partial charge on any atom is -0.308 e. The van der Waals surface area contributed by atoms with E-state index >= 15 is 0 Å². The fraction of sp³-hybridized carbons (Fsp3) is 0. The third-order valence-electron chi connectivity index (χ3n) is 9.13. The van der Waals surface area contributed by atoms with Gasteiger partial charge in [0.05, 0.1) is 16.7 Å². The smallest absolute Gasteiger partial charge is 0.0782 e. The average Bonchev–Trinajstić information content (AvgIpc) is 3.47. The van der Waals surface area contributed by atoms with Crippen LogP contribution < -0.4 is 4.90 Å². The van der Waals surface area contributed by atoms with Gasteiger partial charge in [0, 0.05) is 27.8 Å². The van der Waals surface area contributed by atoms with Gasteiger partial charge in [0.15, 0.2) is 0 Å². The Morgan fingerprint density at radius 1 is 0.370 bits per heavy atom. The highest BCUT2D eigenvalue weighted by Gasteiger charge is 2.21. The van der Waals surface area contributed by atoms with Crippen molar-refractivity contribution in [2.24, 2.45) is 0 Å². The van der Waals surface area contributed by atoms with Gasteiger partial charge in [0.1, 0.15) is 0 Å². The lowest BCUT2D eigenvalue weighted by Crippen LogP contribution is -2.11. The number of fused-ring (bicyclic) bond motifs is 5. The molecule has 1 heterocycles. The minimum atomic E-state index is 1.11. The first-order valence-corrected chi connectivity index (χ1v) is 15.8. The number of anilines is 3. The Balaban J connectivity index is 1.26. The van der Waals surface area contributed by atoms with Gasteiger partial charge in [-0.05, 0) is 87.3 Å². The maximum Gasteiger partial charge on any atom is 0.0782 e. The number of nitrogens with zero attached hydrogens (tertiary/aromatic N) is 2. The lowest BCUT2D eigenvalue weighted by molar-refractivity contribution is 1.17. The number of hydrogen-bond acceptors (Lipinski definition) is 1. The zero-order valence-electron chi connectivity index (χ0n) is 25.2. The summed E-state index contributed by atoms with van der Waals surface area (Å²) in [5, 5.41) is 7.45. The van der Waals surface area contributed by atoms with E-state index in [1.807, 2.05) is 0 Å². The zero-order chi connectivity index (χ0) is 30.5. The summed E-state index contributed by atoms with van der Waals surface area (Å²) in [4.78, 5) is 2.39. The van der Waals surface area contributed by atoms with Gasteiger partial charge >= 0.3 is 0 Å². The molecule has 0 fully saturated rings. The second kappa shape index (κ2) is 10.8. The Hall–Kier alpha value is -6.12. The van der Waals surface area contributed by atoms with E-state index < -0.39 is 0 Å². The van der Waals surface area contributed by atoms with Crippen molar-refractivity contribution in [2.45, 2.75) is 0 Å². The van der Waals surface area contributed by atoms with Crippen LogP contribution >= 0.6 is 0 Å². The molecule has 9 aromatic rings. The topological polar surface area (TPSA) is 8.17 Å². The van der Waals surface area contributed by atoms with E-state index in [0.717, 1.165) is 22.7 Å². The van der Waals surface area contributed by atoms with Gasteiger partial charge in [-0.1, -0.05) is 127 Å². The summed E-state index contributed by atoms with van der Waals surface area (Å²) in [7, 11) is 0. The highest BCUT2D eigenvalue weighted by Crippen LogP contribution is 2.43. The van der Waals surface area contributed by atoms with Crippen LogP contribution in [0, 0.1) is 0 Å². The molecule has 2 heteroatoms. The largest absolute Gasteiger partial charge is 0.308 e. The summed E-state index contributed by atoms with van der Waals surface area (Å²) < 4.78 is 2.44. The summed E-state index contributed by atoms with van der Waals surface area (Å²) in [6.45, 7) is 0. The molecule has 0 spiro atoms. The third-order valence-corrected chi connectivity index (χ3v) is 9.13. The second-order valence-corrected chi connectivity index (χ2v) is 11.8. The standard InChI is InChI=1S/C44H30N2/c1-2-15-37(16-3-1)45(38-26-23-33(24-27-38)36-22-21-31-11-4-6-13-34(31)29-36)43-20-10-18-41-40-17-8-9-19-42(40)46(44(41)43)39-28-25-32-12-5-7-14-35(32)30-39/h1-30H. The SMILES string of the molecule is c1ccc(N(c2ccc(-c3ccc4ccccc4c3)cc2)c2cccc3c4ccccc4n(-c4ccc5ccccc5c4)c23)cc1. The molecule has 1 aromatic heterocycles. The van der Waals surface area contributed by atoms with E-state index in [4.69, 9.17) is 0 Å². The predicted molar refractivity (Wildman–Crippen MR) is 196 cm³/mol. The summed E-state index contributed by atoms with van der Waals surface area (Å²) >= 11 is 0. The summed E-state index contributed by atoms with van der Waals surface area (Å²) in [6.07, 6.45) is 0. The van der Waals surface area contributed by atoms with Gasteiger partial charge in [-0.3, -0.25) is 0 Å². The van der Waals surface area contributed by atoms with Crippen molar-refractivity contribution in [2.75, 3.05) is 4.90 Å². The zero-order valence-corrected chi connectivity index (χ0v) is 25.2. The first-order valence-electron chi connectivity index (χ1n) is 15.8. The Kier molecular flexibility index (Phi) is 6.17. The minimum absolute atomic E-state index is 1.11. The van der Waals surface area contributed by atoms with Gasteiger partial charge in [0.25, 0.3) is 0 Å². The summed E-state index contributed by atoms with van der Waals surface area (Å²) in [5.41, 5.74) is 9.30. The van der Waals surface area contributed by atoms with Crippen LogP contribution in [0.25, 0.3) is 60.2 Å². The summed E-state index contributed by atoms with van der Waals surface area (Å²) in [6, 6.07) is 65.8. The Morgan fingerprint density at radius 2 is 0.957 bits per heavy atom. The van der Waals surface area contributed by atoms with E-state index in [1.165, 1.54) is 54.5 Å². The molecule has 0 aliphatic heterocycles. The summed E-state index contributed by atoms with van der Waals surface area (Å²) in [5.74, 6) is 0. The van der Waals surface area contributed by atoms with Gasteiger partial charge in [0.2, 0.25) is 0 Å². The Bertz CT molecular complexity index is 2520. The van der Waals surface area contributed by atoms with Crippen LogP contribution in [0.15, 0.2) is 182 Å². The lowest BCUT2D eigenvalue weighted by atomic mass is 10.0. The molecule has 0 saturated heterocycles. The van der Waals surface area contributed by atoms with Crippen LogP contribution in [0.3, 0.4) is 0 Å². The van der Waals surface area contributed by atoms with Crippen LogP contribution in [0.5, 0.6) is 0 Å². The van der Waals surface area contributed by atoms with Gasteiger partial charge in [-0.25, -0.2) is 0 Å². The number of benzene rings is 8. The third kappa shape index (κ3) is 4.35. The molecule has 2 nitrogen and oxygen atoms in total. The highest BCUT2D eigenvalue weighted by molar-refractivity contribution is 6.14. The molecular weight excluding hydrogens is 556 g/mol. The van der Waals surface area contributed by atoms with Crippen molar-refractivity contribution in [1.29, 1.82) is 0 Å². The predicted octanol–water partition coefficient (Wildman–Crippen LogP) is 12.2. The normalized spacial score (nSPS) is 11.5. The molecule has 8 aromatic carbocycles. The number of para-hydroxylation sites is 3. The van der Waals surface area contributed by atoms with E-state index in [9.17, 15) is 0 Å². The molecule has 9 rings (SSSR count). The Morgan fingerprint density at radius 3 is 1.74 bits per heavy atom. The second-order valence-electron chi connectivity index (χ2n) is 11.8. The molecule has 0 radical (unpaired) electrons. The monoisotopic (exact) mass is 586 g/mol. The fourth-order valence-electron chi connectivity index (χ4n) is 6.94. The molecule has 216 valence electrons. The average molecular weight is 587 g/mol. The Labute approximate surface area is 268 Å². The van der Waals surface area contributed by atoms with Crippen molar-refractivity contribution < 1.29 is 0 Å². The molecule has 0 N–H and O–H groups in total. The molecular formula is C44H30N2. The maximum atomic E-state index is 2.44. The number of aromatic nitrogens is 1. The van der Waals surface area contributed by atoms with Crippen LogP contribution in [-0.4, -0.2) is 4.57 Å². The maximum absolute atomic E-state index is 2.44. The van der Waals surface area contributed by atoms with Gasteiger partial charge < -0.3 is 9.47 Å². The van der Waals surface area contributed by atoms with Crippen LogP contribution in [0.2, 0.25) is 0 Å². The van der Waals surface area contributed by atoms with Crippen molar-refractivity contribution >= 4 is 60.4 Å². The number of hydrogen-bond donors (Lipinski definition) is 0. The van der Waals surface area contributed by atoms with Crippen LogP contribution in [0.4, 0.5) is 17.1 Å². The molecule has 0 aliphatic carbocycles. The first-order chi connectivity index (χ1) is 22.8. The van der Waals surface area contributed by atoms with Crippen LogP contribution in [0.1, 0.15) is 0 Å². The molecule has 0 saturated carbocycles. The lowest BCUT2D eigenvalue weighted by Gasteiger charge is -2.27. The highest BCUT2D eigenvalue weighted by atomic mass is 15.2. The van der Waals surface area contributed by atoms with E-state index in [0.29, 0.717) is 0 Å². The number of rotatable bonds is 5. The molecule has 46 heavy (non-hydrogen) atoms. The molecule has 0 amide bonds. The van der Waals surface area contributed by atoms with Crippen molar-refractivity contribution in [3.05, 3.63) is 182 Å². The van der Waals surface area contributed by atoms with Gasteiger partial charge in [-0.15, -0.1) is 0 Å². The van der Waals surface area contributed by atoms with E-state index in [2.05, 4.69) is 191 Å². The molecule has 0 unspecified atom stereocenters. The van der Waals surface area contributed by atoms with Crippen molar-refractivity contribution in [3.8, 4) is 16.8 Å². The van der Waals surface area contributed by atoms with Crippen LogP contribution in [-0.2, 0) is 0 Å². The van der Waals surface area contributed by atoms with Crippen molar-refractivity contribution in [3.63, 3.8) is 0 Å². The molecule has 0 bridgehead atoms. The molecule has 0 aliphatic rings. The van der Waals surface area contributed by atoms with E-state index in [-0.39, 0.29) is 0 Å². The van der Waals surface area contributed by atoms with Gasteiger partial charge in [-0.2, -0.15) is 0 Å². The molecule has 0 atom stereocenters. The first kappa shape index (κ1) is 26.3. The fourth-order valence-corrected chi connectivity index (χ4v) is 6.94. The van der Waals surface area contributed by atoms with Crippen molar-refractivity contribution in [1.82, 2.24) is 4.57 Å². The van der Waals surface area contributed by atoms with E-state index in [1.54, 1.807) is 0 Å². The quantitative estimate of drug-likeness (QED) is 0.195.